The van der Waals surface area contributed by atoms with Crippen molar-refractivity contribution < 1.29 is 0 Å². The van der Waals surface area contributed by atoms with E-state index < -0.39 is 0 Å². The molecule has 2 heteroatoms. The lowest BCUT2D eigenvalue weighted by Gasteiger charge is -2.17. The van der Waals surface area contributed by atoms with Crippen LogP contribution in [-0.2, 0) is 0 Å². The minimum atomic E-state index is 0.954. The van der Waals surface area contributed by atoms with Crippen molar-refractivity contribution in [2.24, 2.45) is 0 Å². The zero-order valence-corrected chi connectivity index (χ0v) is 20.1. The molecule has 0 aliphatic carbocycles. The second-order valence-electron chi connectivity index (χ2n) is 9.59. The number of hydrogen-bond donors (Lipinski definition) is 0. The van der Waals surface area contributed by atoms with Crippen LogP contribution in [0.25, 0.3) is 71.3 Å². The standard InChI is InChI=1S/C35H22N2/c1-3-15-25-23(11-1)13-9-19-27(25)32-29-17-5-6-18-30(29)33(28-20-10-14-24-12-2-4-16-26(24)28)35-34(32)36-31-21-7-8-22-37(31)35/h1-22H. The average Bonchev–Trinajstić information content (AvgIpc) is 3.34. The van der Waals surface area contributed by atoms with Gasteiger partial charge in [-0.15, -0.1) is 0 Å². The Balaban J connectivity index is 1.65. The molecule has 0 amide bonds. The Labute approximate surface area is 214 Å². The molecule has 0 atom stereocenters. The Bertz CT molecular complexity index is 2140. The zero-order valence-electron chi connectivity index (χ0n) is 20.1. The van der Waals surface area contributed by atoms with E-state index in [1.807, 2.05) is 0 Å². The molecular weight excluding hydrogens is 448 g/mol. The summed E-state index contributed by atoms with van der Waals surface area (Å²) in [6, 6.07) is 45.6. The molecule has 172 valence electrons. The highest BCUT2D eigenvalue weighted by molar-refractivity contribution is 6.24. The van der Waals surface area contributed by atoms with Crippen LogP contribution in [0.2, 0.25) is 0 Å². The highest BCUT2D eigenvalue weighted by atomic mass is 15.0. The van der Waals surface area contributed by atoms with Crippen LogP contribution in [-0.4, -0.2) is 9.38 Å². The Morgan fingerprint density at radius 2 is 0.946 bits per heavy atom. The molecule has 8 aromatic rings. The summed E-state index contributed by atoms with van der Waals surface area (Å²) in [7, 11) is 0. The van der Waals surface area contributed by atoms with Crippen LogP contribution in [0.1, 0.15) is 0 Å². The summed E-state index contributed by atoms with van der Waals surface area (Å²) in [6.45, 7) is 0. The molecule has 37 heavy (non-hydrogen) atoms. The highest BCUT2D eigenvalue weighted by Gasteiger charge is 2.22. The largest absolute Gasteiger partial charge is 0.299 e. The van der Waals surface area contributed by atoms with E-state index in [1.165, 1.54) is 54.6 Å². The molecule has 0 radical (unpaired) electrons. The van der Waals surface area contributed by atoms with Crippen LogP contribution in [0, 0.1) is 0 Å². The summed E-state index contributed by atoms with van der Waals surface area (Å²) in [5.41, 5.74) is 8.00. The summed E-state index contributed by atoms with van der Waals surface area (Å²) < 4.78 is 2.26. The molecule has 2 nitrogen and oxygen atoms in total. The van der Waals surface area contributed by atoms with Crippen LogP contribution in [0.4, 0.5) is 0 Å². The van der Waals surface area contributed by atoms with Crippen LogP contribution >= 0.6 is 0 Å². The first-order valence-corrected chi connectivity index (χ1v) is 12.7. The van der Waals surface area contributed by atoms with Crippen LogP contribution in [0.5, 0.6) is 0 Å². The van der Waals surface area contributed by atoms with E-state index in [9.17, 15) is 0 Å². The first-order valence-electron chi connectivity index (χ1n) is 12.7. The number of fused-ring (bicyclic) bond motifs is 6. The van der Waals surface area contributed by atoms with Gasteiger partial charge >= 0.3 is 0 Å². The SMILES string of the molecule is c1ccc2c(-c3c4ccccc4c(-c4cccc5ccccc45)c4c3nc3ccccn34)cccc2c1. The molecule has 0 aliphatic heterocycles. The minimum Gasteiger partial charge on any atom is -0.299 e. The van der Waals surface area contributed by atoms with Crippen molar-refractivity contribution in [3.8, 4) is 22.3 Å². The van der Waals surface area contributed by atoms with Gasteiger partial charge in [0.15, 0.2) is 0 Å². The van der Waals surface area contributed by atoms with Crippen molar-refractivity contribution in [1.29, 1.82) is 0 Å². The number of rotatable bonds is 2. The summed E-state index contributed by atoms with van der Waals surface area (Å²) in [6.07, 6.45) is 2.14. The molecule has 0 saturated heterocycles. The van der Waals surface area contributed by atoms with Gasteiger partial charge in [0, 0.05) is 17.3 Å². The maximum atomic E-state index is 5.28. The fourth-order valence-corrected chi connectivity index (χ4v) is 6.02. The lowest BCUT2D eigenvalue weighted by atomic mass is 9.87. The Kier molecular flexibility index (Phi) is 4.26. The monoisotopic (exact) mass is 470 g/mol. The van der Waals surface area contributed by atoms with E-state index >= 15 is 0 Å². The molecule has 0 saturated carbocycles. The van der Waals surface area contributed by atoms with Crippen molar-refractivity contribution in [3.05, 3.63) is 134 Å². The van der Waals surface area contributed by atoms with Gasteiger partial charge in [-0.1, -0.05) is 115 Å². The second-order valence-corrected chi connectivity index (χ2v) is 9.59. The Morgan fingerprint density at radius 1 is 0.432 bits per heavy atom. The zero-order chi connectivity index (χ0) is 24.3. The normalized spacial score (nSPS) is 11.8. The van der Waals surface area contributed by atoms with Gasteiger partial charge in [0.25, 0.3) is 0 Å². The number of benzene rings is 6. The van der Waals surface area contributed by atoms with E-state index in [2.05, 4.69) is 138 Å². The maximum absolute atomic E-state index is 5.28. The lowest BCUT2D eigenvalue weighted by molar-refractivity contribution is 1.23. The second kappa shape index (κ2) is 7.78. The van der Waals surface area contributed by atoms with Gasteiger partial charge in [0.1, 0.15) is 5.65 Å². The number of imidazole rings is 1. The third kappa shape index (κ3) is 2.90. The maximum Gasteiger partial charge on any atom is 0.137 e. The third-order valence-corrected chi connectivity index (χ3v) is 7.59. The summed E-state index contributed by atoms with van der Waals surface area (Å²) in [5.74, 6) is 0. The van der Waals surface area contributed by atoms with Gasteiger partial charge in [0.05, 0.1) is 11.0 Å². The number of hydrogen-bond acceptors (Lipinski definition) is 1. The topological polar surface area (TPSA) is 17.3 Å². The molecule has 2 heterocycles. The van der Waals surface area contributed by atoms with Crippen LogP contribution in [0.3, 0.4) is 0 Å². The smallest absolute Gasteiger partial charge is 0.137 e. The molecule has 0 spiro atoms. The molecule has 0 N–H and O–H groups in total. The number of nitrogens with zero attached hydrogens (tertiary/aromatic N) is 2. The molecule has 0 fully saturated rings. The molecule has 0 unspecified atom stereocenters. The predicted molar refractivity (Wildman–Crippen MR) is 156 cm³/mol. The fraction of sp³-hybridized carbons (Fsp3) is 0. The molecule has 8 rings (SSSR count). The van der Waals surface area contributed by atoms with E-state index in [-0.39, 0.29) is 0 Å². The van der Waals surface area contributed by atoms with Crippen molar-refractivity contribution in [2.75, 3.05) is 0 Å². The highest BCUT2D eigenvalue weighted by Crippen LogP contribution is 2.46. The van der Waals surface area contributed by atoms with Gasteiger partial charge in [-0.25, -0.2) is 4.98 Å². The molecule has 6 aromatic carbocycles. The summed E-state index contributed by atoms with van der Waals surface area (Å²) in [5, 5.41) is 7.42. The van der Waals surface area contributed by atoms with Crippen molar-refractivity contribution >= 4 is 49.0 Å². The Morgan fingerprint density at radius 3 is 1.62 bits per heavy atom. The third-order valence-electron chi connectivity index (χ3n) is 7.59. The van der Waals surface area contributed by atoms with Crippen LogP contribution in [0.15, 0.2) is 134 Å². The molecule has 2 aromatic heterocycles. The summed E-state index contributed by atoms with van der Waals surface area (Å²) >= 11 is 0. The predicted octanol–water partition coefficient (Wildman–Crippen LogP) is 9.28. The van der Waals surface area contributed by atoms with Crippen molar-refractivity contribution in [2.45, 2.75) is 0 Å². The van der Waals surface area contributed by atoms with Crippen molar-refractivity contribution in [1.82, 2.24) is 9.38 Å². The van der Waals surface area contributed by atoms with Crippen molar-refractivity contribution in [3.63, 3.8) is 0 Å². The van der Waals surface area contributed by atoms with Gasteiger partial charge in [-0.05, 0) is 55.6 Å². The fourth-order valence-electron chi connectivity index (χ4n) is 6.02. The van der Waals surface area contributed by atoms with Gasteiger partial charge in [-0.3, -0.25) is 4.40 Å². The molecule has 0 bridgehead atoms. The van der Waals surface area contributed by atoms with E-state index in [0.717, 1.165) is 16.7 Å². The first kappa shape index (κ1) is 20.3. The quantitative estimate of drug-likeness (QED) is 0.246. The average molecular weight is 471 g/mol. The number of aromatic nitrogens is 2. The van der Waals surface area contributed by atoms with Gasteiger partial charge in [-0.2, -0.15) is 0 Å². The minimum absolute atomic E-state index is 0.954. The first-order chi connectivity index (χ1) is 18.4. The summed E-state index contributed by atoms with van der Waals surface area (Å²) in [4.78, 5) is 5.28. The molecular formula is C35H22N2. The van der Waals surface area contributed by atoms with E-state index in [4.69, 9.17) is 4.98 Å². The lowest BCUT2D eigenvalue weighted by Crippen LogP contribution is -1.93. The van der Waals surface area contributed by atoms with E-state index in [0.29, 0.717) is 0 Å². The Hall–Kier alpha value is -4.95. The van der Waals surface area contributed by atoms with Crippen LogP contribution < -0.4 is 0 Å². The molecule has 0 aliphatic rings. The van der Waals surface area contributed by atoms with Gasteiger partial charge < -0.3 is 0 Å². The van der Waals surface area contributed by atoms with Gasteiger partial charge in [0.2, 0.25) is 0 Å². The van der Waals surface area contributed by atoms with E-state index in [1.54, 1.807) is 0 Å². The number of pyridine rings is 1.